The second kappa shape index (κ2) is 11.1. The molecule has 4 aromatic rings. The van der Waals surface area contributed by atoms with Crippen molar-refractivity contribution in [3.05, 3.63) is 90.5 Å². The van der Waals surface area contributed by atoms with E-state index in [1.165, 1.54) is 5.69 Å². The van der Waals surface area contributed by atoms with Crippen LogP contribution in [0.25, 0.3) is 10.9 Å². The third-order valence-corrected chi connectivity index (χ3v) is 6.76. The molecule has 0 bridgehead atoms. The Labute approximate surface area is 210 Å². The maximum Gasteiger partial charge on any atom is 0.309 e. The summed E-state index contributed by atoms with van der Waals surface area (Å²) in [5.41, 5.74) is 3.38. The van der Waals surface area contributed by atoms with Crippen LogP contribution < -0.4 is 15.5 Å². The number of amides is 2. The summed E-state index contributed by atoms with van der Waals surface area (Å²) in [4.78, 5) is 32.9. The van der Waals surface area contributed by atoms with Gasteiger partial charge in [-0.1, -0.05) is 36.4 Å². The number of hydrogen-bond acceptors (Lipinski definition) is 5. The predicted molar refractivity (Wildman–Crippen MR) is 140 cm³/mol. The lowest BCUT2D eigenvalue weighted by molar-refractivity contribution is -0.139. The number of anilines is 1. The minimum absolute atomic E-state index is 0.138. The van der Waals surface area contributed by atoms with E-state index in [1.54, 1.807) is 6.26 Å². The Morgan fingerprint density at radius 1 is 0.889 bits per heavy atom. The van der Waals surface area contributed by atoms with E-state index in [0.717, 1.165) is 48.4 Å². The SMILES string of the molecule is O=C(NCCc1c[nH]c2ccccc12)C(=O)NC[C@@H](c1ccco1)N1CCN(c2ccccc2)CC1. The van der Waals surface area contributed by atoms with E-state index in [9.17, 15) is 9.59 Å². The van der Waals surface area contributed by atoms with E-state index in [2.05, 4.69) is 49.7 Å². The molecule has 36 heavy (non-hydrogen) atoms. The zero-order valence-corrected chi connectivity index (χ0v) is 20.2. The lowest BCUT2D eigenvalue weighted by Crippen LogP contribution is -2.50. The molecule has 0 unspecified atom stereocenters. The molecule has 0 radical (unpaired) electrons. The summed E-state index contributed by atoms with van der Waals surface area (Å²) in [6, 6.07) is 22.0. The first-order valence-electron chi connectivity index (χ1n) is 12.4. The van der Waals surface area contributed by atoms with Gasteiger partial charge in [0, 0.05) is 62.1 Å². The number of piperazine rings is 1. The Hall–Kier alpha value is -4.04. The van der Waals surface area contributed by atoms with Crippen molar-refractivity contribution in [3.8, 4) is 0 Å². The minimum Gasteiger partial charge on any atom is -0.468 e. The molecule has 1 saturated heterocycles. The molecular formula is C28H31N5O3. The number of carbonyl (C=O) groups is 2. The van der Waals surface area contributed by atoms with Gasteiger partial charge >= 0.3 is 11.8 Å². The fourth-order valence-corrected chi connectivity index (χ4v) is 4.82. The van der Waals surface area contributed by atoms with Gasteiger partial charge in [0.1, 0.15) is 5.76 Å². The maximum atomic E-state index is 12.6. The first-order chi connectivity index (χ1) is 17.7. The number of fused-ring (bicyclic) bond motifs is 1. The molecule has 186 valence electrons. The van der Waals surface area contributed by atoms with Crippen molar-refractivity contribution in [2.45, 2.75) is 12.5 Å². The van der Waals surface area contributed by atoms with Crippen LogP contribution in [0.15, 0.2) is 83.6 Å². The molecular weight excluding hydrogens is 454 g/mol. The third-order valence-electron chi connectivity index (χ3n) is 6.76. The van der Waals surface area contributed by atoms with Gasteiger partial charge in [-0.3, -0.25) is 14.5 Å². The summed E-state index contributed by atoms with van der Waals surface area (Å²) in [6.45, 7) is 4.09. The van der Waals surface area contributed by atoms with E-state index < -0.39 is 11.8 Å². The van der Waals surface area contributed by atoms with Crippen LogP contribution in [0, 0.1) is 0 Å². The highest BCUT2D eigenvalue weighted by molar-refractivity contribution is 6.35. The first kappa shape index (κ1) is 23.7. The van der Waals surface area contributed by atoms with E-state index in [1.807, 2.05) is 48.7 Å². The molecule has 0 aliphatic carbocycles. The van der Waals surface area contributed by atoms with Crippen molar-refractivity contribution in [2.75, 3.05) is 44.2 Å². The Bertz CT molecular complexity index is 1280. The van der Waals surface area contributed by atoms with Crippen molar-refractivity contribution in [1.29, 1.82) is 0 Å². The van der Waals surface area contributed by atoms with Gasteiger partial charge < -0.3 is 24.9 Å². The predicted octanol–water partition coefficient (Wildman–Crippen LogP) is 3.10. The monoisotopic (exact) mass is 485 g/mol. The Morgan fingerprint density at radius 2 is 1.64 bits per heavy atom. The number of benzene rings is 2. The van der Waals surface area contributed by atoms with Crippen molar-refractivity contribution in [2.24, 2.45) is 0 Å². The van der Waals surface area contributed by atoms with Gasteiger partial charge in [0.05, 0.1) is 12.3 Å². The number of furan rings is 1. The van der Waals surface area contributed by atoms with Crippen LogP contribution in [0.5, 0.6) is 0 Å². The highest BCUT2D eigenvalue weighted by Gasteiger charge is 2.28. The fraction of sp³-hybridized carbons (Fsp3) is 0.286. The van der Waals surface area contributed by atoms with Crippen LogP contribution in [-0.2, 0) is 16.0 Å². The summed E-state index contributed by atoms with van der Waals surface area (Å²) < 4.78 is 5.68. The van der Waals surface area contributed by atoms with Crippen molar-refractivity contribution >= 4 is 28.4 Å². The lowest BCUT2D eigenvalue weighted by atomic mass is 10.1. The van der Waals surface area contributed by atoms with Gasteiger partial charge in [-0.2, -0.15) is 0 Å². The van der Waals surface area contributed by atoms with Crippen molar-refractivity contribution in [1.82, 2.24) is 20.5 Å². The Morgan fingerprint density at radius 3 is 2.42 bits per heavy atom. The van der Waals surface area contributed by atoms with E-state index >= 15 is 0 Å². The average molecular weight is 486 g/mol. The Balaban J connectivity index is 1.12. The molecule has 1 fully saturated rings. The summed E-state index contributed by atoms with van der Waals surface area (Å²) in [7, 11) is 0. The van der Waals surface area contributed by atoms with Crippen LogP contribution in [0.2, 0.25) is 0 Å². The fourth-order valence-electron chi connectivity index (χ4n) is 4.82. The molecule has 0 saturated carbocycles. The number of H-pyrrole nitrogens is 1. The van der Waals surface area contributed by atoms with Crippen LogP contribution in [0.1, 0.15) is 17.4 Å². The van der Waals surface area contributed by atoms with Crippen LogP contribution in [-0.4, -0.2) is 61.0 Å². The third kappa shape index (κ3) is 5.44. The number of rotatable bonds is 8. The van der Waals surface area contributed by atoms with Crippen LogP contribution in [0.3, 0.4) is 0 Å². The van der Waals surface area contributed by atoms with E-state index in [0.29, 0.717) is 19.5 Å². The van der Waals surface area contributed by atoms with Crippen LogP contribution in [0.4, 0.5) is 5.69 Å². The maximum absolute atomic E-state index is 12.6. The number of hydrogen-bond donors (Lipinski definition) is 3. The lowest BCUT2D eigenvalue weighted by Gasteiger charge is -2.39. The molecule has 3 N–H and O–H groups in total. The van der Waals surface area contributed by atoms with Crippen molar-refractivity contribution in [3.63, 3.8) is 0 Å². The number of nitrogens with zero attached hydrogens (tertiary/aromatic N) is 2. The number of carbonyl (C=O) groups excluding carboxylic acids is 2. The van der Waals surface area contributed by atoms with Gasteiger partial charge in [0.15, 0.2) is 0 Å². The molecule has 1 aliphatic heterocycles. The highest BCUT2D eigenvalue weighted by atomic mass is 16.3. The topological polar surface area (TPSA) is 93.6 Å². The molecule has 0 spiro atoms. The normalized spacial score (nSPS) is 15.1. The largest absolute Gasteiger partial charge is 0.468 e. The molecule has 2 aromatic heterocycles. The summed E-state index contributed by atoms with van der Waals surface area (Å²) in [5.74, 6) is -0.474. The van der Waals surface area contributed by atoms with Gasteiger partial charge in [-0.05, 0) is 42.3 Å². The molecule has 8 nitrogen and oxygen atoms in total. The van der Waals surface area contributed by atoms with E-state index in [-0.39, 0.29) is 6.04 Å². The molecule has 5 rings (SSSR count). The number of aromatic nitrogens is 1. The van der Waals surface area contributed by atoms with Gasteiger partial charge in [-0.15, -0.1) is 0 Å². The number of aromatic amines is 1. The smallest absolute Gasteiger partial charge is 0.309 e. The number of nitrogens with one attached hydrogen (secondary N) is 3. The molecule has 2 aromatic carbocycles. The van der Waals surface area contributed by atoms with E-state index in [4.69, 9.17) is 4.42 Å². The first-order valence-corrected chi connectivity index (χ1v) is 12.4. The molecule has 3 heterocycles. The van der Waals surface area contributed by atoms with Gasteiger partial charge in [-0.25, -0.2) is 0 Å². The van der Waals surface area contributed by atoms with Crippen molar-refractivity contribution < 1.29 is 14.0 Å². The molecule has 8 heteroatoms. The van der Waals surface area contributed by atoms with Gasteiger partial charge in [0.2, 0.25) is 0 Å². The second-order valence-electron chi connectivity index (χ2n) is 8.97. The summed E-state index contributed by atoms with van der Waals surface area (Å²) >= 11 is 0. The second-order valence-corrected chi connectivity index (χ2v) is 8.97. The molecule has 2 amide bonds. The standard InChI is InChI=1S/C28H31N5O3/c34-27(29-13-12-21-19-30-24-10-5-4-9-23(21)24)28(35)31-20-25(26-11-6-18-36-26)33-16-14-32(15-17-33)22-7-2-1-3-8-22/h1-11,18-19,25,30H,12-17,20H2,(H,29,34)(H,31,35)/t25-/m0/s1. The van der Waals surface area contributed by atoms with Gasteiger partial charge in [0.25, 0.3) is 0 Å². The van der Waals surface area contributed by atoms with Crippen LogP contribution >= 0.6 is 0 Å². The zero-order chi connectivity index (χ0) is 24.7. The highest BCUT2D eigenvalue weighted by Crippen LogP contribution is 2.24. The molecule has 1 atom stereocenters. The average Bonchev–Trinajstić information content (AvgIpc) is 3.60. The number of para-hydroxylation sites is 2. The quantitative estimate of drug-likeness (QED) is 0.334. The Kier molecular flexibility index (Phi) is 7.33. The summed E-state index contributed by atoms with van der Waals surface area (Å²) in [5, 5.41) is 6.68. The zero-order valence-electron chi connectivity index (χ0n) is 20.2. The molecule has 1 aliphatic rings. The summed E-state index contributed by atoms with van der Waals surface area (Å²) in [6.07, 6.45) is 4.23. The minimum atomic E-state index is -0.631.